The molecule has 136 valence electrons. The Balaban J connectivity index is 1.95. The van der Waals surface area contributed by atoms with Crippen LogP contribution in [0.5, 0.6) is 0 Å². The van der Waals surface area contributed by atoms with Gasteiger partial charge in [0.25, 0.3) is 0 Å². The molecular formula is C17H24N4O3S. The maximum Gasteiger partial charge on any atom is 0.348 e. The largest absolute Gasteiger partial charge is 0.462 e. The smallest absolute Gasteiger partial charge is 0.348 e. The molecule has 0 amide bonds. The maximum atomic E-state index is 12.2. The minimum absolute atomic E-state index is 0.136. The quantitative estimate of drug-likeness (QED) is 0.751. The highest BCUT2D eigenvalue weighted by molar-refractivity contribution is 7.20. The van der Waals surface area contributed by atoms with Gasteiger partial charge in [-0.2, -0.15) is 0 Å². The van der Waals surface area contributed by atoms with Crippen molar-refractivity contribution in [2.45, 2.75) is 20.0 Å². The summed E-state index contributed by atoms with van der Waals surface area (Å²) in [6.07, 6.45) is 1.70. The number of carbonyl (C=O) groups excluding carboxylic acids is 1. The number of carbonyl (C=O) groups is 1. The van der Waals surface area contributed by atoms with Crippen LogP contribution < -0.4 is 4.90 Å². The van der Waals surface area contributed by atoms with E-state index >= 15 is 0 Å². The predicted octanol–water partition coefficient (Wildman–Crippen LogP) is 1.94. The first-order valence-electron chi connectivity index (χ1n) is 8.43. The number of morpholine rings is 1. The van der Waals surface area contributed by atoms with Gasteiger partial charge in [-0.05, 0) is 33.5 Å². The Morgan fingerprint density at radius 2 is 2.28 bits per heavy atom. The molecule has 0 aliphatic carbocycles. The van der Waals surface area contributed by atoms with Gasteiger partial charge in [-0.25, -0.2) is 14.8 Å². The molecule has 0 saturated carbocycles. The predicted molar refractivity (Wildman–Crippen MR) is 98.6 cm³/mol. The van der Waals surface area contributed by atoms with Crippen molar-refractivity contribution in [2.24, 2.45) is 0 Å². The van der Waals surface area contributed by atoms with Crippen LogP contribution in [0.1, 0.15) is 22.2 Å². The van der Waals surface area contributed by atoms with Gasteiger partial charge in [0.15, 0.2) is 0 Å². The minimum Gasteiger partial charge on any atom is -0.462 e. The average molecular weight is 364 g/mol. The number of aryl methyl sites for hydroxylation is 1. The zero-order valence-corrected chi connectivity index (χ0v) is 15.9. The van der Waals surface area contributed by atoms with Crippen LogP contribution in [0.4, 0.5) is 5.82 Å². The number of ether oxygens (including phenoxy) is 2. The fourth-order valence-electron chi connectivity index (χ4n) is 3.11. The number of hydrogen-bond donors (Lipinski definition) is 0. The molecule has 0 bridgehead atoms. The van der Waals surface area contributed by atoms with Crippen molar-refractivity contribution in [2.75, 3.05) is 51.8 Å². The van der Waals surface area contributed by atoms with Gasteiger partial charge < -0.3 is 19.3 Å². The number of esters is 1. The molecule has 2 aromatic rings. The minimum atomic E-state index is -0.290. The SMILES string of the molecule is CCOC(=O)c1sc2ncnc(N3CCOC(CN(C)C)C3)c2c1C. The highest BCUT2D eigenvalue weighted by Crippen LogP contribution is 2.35. The van der Waals surface area contributed by atoms with E-state index < -0.39 is 0 Å². The first-order chi connectivity index (χ1) is 12.0. The number of anilines is 1. The third-order valence-corrected chi connectivity index (χ3v) is 5.35. The molecule has 2 aromatic heterocycles. The van der Waals surface area contributed by atoms with Gasteiger partial charge in [0, 0.05) is 19.6 Å². The second-order valence-corrected chi connectivity index (χ2v) is 7.35. The monoisotopic (exact) mass is 364 g/mol. The molecule has 1 saturated heterocycles. The van der Waals surface area contributed by atoms with Crippen molar-refractivity contribution in [1.82, 2.24) is 14.9 Å². The summed E-state index contributed by atoms with van der Waals surface area (Å²) in [7, 11) is 4.08. The van der Waals surface area contributed by atoms with Gasteiger partial charge >= 0.3 is 5.97 Å². The Hall–Kier alpha value is -1.77. The Bertz CT molecular complexity index is 762. The molecule has 3 heterocycles. The van der Waals surface area contributed by atoms with Crippen LogP contribution in [0.25, 0.3) is 10.2 Å². The van der Waals surface area contributed by atoms with E-state index in [9.17, 15) is 4.79 Å². The molecule has 1 aliphatic rings. The van der Waals surface area contributed by atoms with E-state index in [1.54, 1.807) is 6.33 Å². The summed E-state index contributed by atoms with van der Waals surface area (Å²) < 4.78 is 11.0. The van der Waals surface area contributed by atoms with Crippen molar-refractivity contribution in [3.8, 4) is 0 Å². The van der Waals surface area contributed by atoms with Gasteiger partial charge in [0.2, 0.25) is 0 Å². The van der Waals surface area contributed by atoms with Gasteiger partial charge in [0.1, 0.15) is 21.9 Å². The molecule has 3 rings (SSSR count). The molecule has 0 aromatic carbocycles. The number of fused-ring (bicyclic) bond motifs is 1. The Labute approximate surface area is 151 Å². The summed E-state index contributed by atoms with van der Waals surface area (Å²) in [4.78, 5) is 26.9. The maximum absolute atomic E-state index is 12.2. The first kappa shape index (κ1) is 18.0. The molecule has 0 radical (unpaired) electrons. The van der Waals surface area contributed by atoms with E-state index in [4.69, 9.17) is 9.47 Å². The van der Waals surface area contributed by atoms with Crippen LogP contribution in [0.2, 0.25) is 0 Å². The molecule has 7 nitrogen and oxygen atoms in total. The lowest BCUT2D eigenvalue weighted by Gasteiger charge is -2.35. The lowest BCUT2D eigenvalue weighted by Crippen LogP contribution is -2.46. The van der Waals surface area contributed by atoms with E-state index in [1.165, 1.54) is 11.3 Å². The number of hydrogen-bond acceptors (Lipinski definition) is 8. The topological polar surface area (TPSA) is 67.8 Å². The fraction of sp³-hybridized carbons (Fsp3) is 0.588. The van der Waals surface area contributed by atoms with E-state index in [0.717, 1.165) is 41.2 Å². The van der Waals surface area contributed by atoms with Crippen molar-refractivity contribution in [1.29, 1.82) is 0 Å². The first-order valence-corrected chi connectivity index (χ1v) is 9.25. The fourth-order valence-corrected chi connectivity index (χ4v) is 4.15. The van der Waals surface area contributed by atoms with Crippen LogP contribution in [0.3, 0.4) is 0 Å². The second kappa shape index (κ2) is 7.63. The number of nitrogens with zero attached hydrogens (tertiary/aromatic N) is 4. The van der Waals surface area contributed by atoms with Crippen LogP contribution >= 0.6 is 11.3 Å². The van der Waals surface area contributed by atoms with E-state index in [2.05, 4.69) is 19.8 Å². The molecule has 0 spiro atoms. The highest BCUT2D eigenvalue weighted by Gasteiger charge is 2.26. The third kappa shape index (κ3) is 3.75. The lowest BCUT2D eigenvalue weighted by molar-refractivity contribution is 0.0246. The van der Waals surface area contributed by atoms with Crippen molar-refractivity contribution < 1.29 is 14.3 Å². The summed E-state index contributed by atoms with van der Waals surface area (Å²) in [6.45, 7) is 7.19. The third-order valence-electron chi connectivity index (χ3n) is 4.17. The molecule has 25 heavy (non-hydrogen) atoms. The molecule has 1 aliphatic heterocycles. The van der Waals surface area contributed by atoms with E-state index in [-0.39, 0.29) is 12.1 Å². The van der Waals surface area contributed by atoms with Gasteiger partial charge in [-0.15, -0.1) is 11.3 Å². The summed E-state index contributed by atoms with van der Waals surface area (Å²) in [5.41, 5.74) is 0.893. The van der Waals surface area contributed by atoms with Crippen molar-refractivity contribution in [3.05, 3.63) is 16.8 Å². The molecule has 1 unspecified atom stereocenters. The van der Waals surface area contributed by atoms with Crippen molar-refractivity contribution >= 4 is 33.3 Å². The van der Waals surface area contributed by atoms with Crippen LogP contribution in [0.15, 0.2) is 6.33 Å². The molecule has 1 fully saturated rings. The standard InChI is InChI=1S/C17H24N4O3S/c1-5-23-17(22)14-11(2)13-15(18-10-19-16(13)25-14)21-6-7-24-12(9-21)8-20(3)4/h10,12H,5-9H2,1-4H3. The molecule has 1 atom stereocenters. The molecule has 0 N–H and O–H groups in total. The zero-order valence-electron chi connectivity index (χ0n) is 15.1. The lowest BCUT2D eigenvalue weighted by atomic mass is 10.1. The highest BCUT2D eigenvalue weighted by atomic mass is 32.1. The number of thiophene rings is 1. The Kier molecular flexibility index (Phi) is 5.51. The molecular weight excluding hydrogens is 340 g/mol. The molecule has 8 heteroatoms. The van der Waals surface area contributed by atoms with Gasteiger partial charge in [-0.3, -0.25) is 0 Å². The Morgan fingerprint density at radius 1 is 1.48 bits per heavy atom. The summed E-state index contributed by atoms with van der Waals surface area (Å²) >= 11 is 1.37. The van der Waals surface area contributed by atoms with Gasteiger partial charge in [0.05, 0.1) is 24.7 Å². The second-order valence-electron chi connectivity index (χ2n) is 6.36. The normalized spacial score (nSPS) is 18.1. The summed E-state index contributed by atoms with van der Waals surface area (Å²) in [5, 5.41) is 0.945. The van der Waals surface area contributed by atoms with Crippen LogP contribution in [0, 0.1) is 6.92 Å². The summed E-state index contributed by atoms with van der Waals surface area (Å²) in [5.74, 6) is 0.586. The Morgan fingerprint density at radius 3 is 3.00 bits per heavy atom. The number of aromatic nitrogens is 2. The zero-order chi connectivity index (χ0) is 18.0. The summed E-state index contributed by atoms with van der Waals surface area (Å²) in [6, 6.07) is 0. The number of likely N-dealkylation sites (N-methyl/N-ethyl adjacent to an activating group) is 1. The number of rotatable bonds is 5. The van der Waals surface area contributed by atoms with Crippen molar-refractivity contribution in [3.63, 3.8) is 0 Å². The van der Waals surface area contributed by atoms with E-state index in [0.29, 0.717) is 18.1 Å². The van der Waals surface area contributed by atoms with Gasteiger partial charge in [-0.1, -0.05) is 0 Å². The van der Waals surface area contributed by atoms with Crippen LogP contribution in [-0.4, -0.2) is 73.9 Å². The average Bonchev–Trinajstić information content (AvgIpc) is 2.92. The van der Waals surface area contributed by atoms with E-state index in [1.807, 2.05) is 27.9 Å². The van der Waals surface area contributed by atoms with Crippen LogP contribution in [-0.2, 0) is 9.47 Å².